The van der Waals surface area contributed by atoms with E-state index in [0.717, 1.165) is 31.9 Å². The second-order valence-corrected chi connectivity index (χ2v) is 4.33. The lowest BCUT2D eigenvalue weighted by Crippen LogP contribution is -2.48. The molecule has 0 aliphatic carbocycles. The Labute approximate surface area is 101 Å². The smallest absolute Gasteiger partial charge is 0.126 e. The molecule has 4 heteroatoms. The van der Waals surface area contributed by atoms with Crippen LogP contribution in [-0.2, 0) is 11.2 Å². The fourth-order valence-electron chi connectivity index (χ4n) is 2.22. The van der Waals surface area contributed by atoms with E-state index in [1.165, 1.54) is 6.07 Å². The maximum Gasteiger partial charge on any atom is 0.126 e. The molecule has 1 saturated heterocycles. The fourth-order valence-corrected chi connectivity index (χ4v) is 2.22. The highest BCUT2D eigenvalue weighted by molar-refractivity contribution is 5.18. The SMILES string of the molecule is NCC(Cc1ccccc1F)N1CCOCC1. The van der Waals surface area contributed by atoms with Gasteiger partial charge in [-0.3, -0.25) is 4.90 Å². The van der Waals surface area contributed by atoms with Gasteiger partial charge < -0.3 is 10.5 Å². The summed E-state index contributed by atoms with van der Waals surface area (Å²) < 4.78 is 18.9. The van der Waals surface area contributed by atoms with Crippen LogP contribution in [0.25, 0.3) is 0 Å². The molecule has 1 fully saturated rings. The molecule has 0 aromatic heterocycles. The van der Waals surface area contributed by atoms with E-state index in [1.807, 2.05) is 12.1 Å². The number of nitrogens with zero attached hydrogens (tertiary/aromatic N) is 1. The molecule has 1 aromatic rings. The van der Waals surface area contributed by atoms with Crippen molar-refractivity contribution in [3.8, 4) is 0 Å². The average Bonchev–Trinajstić information content (AvgIpc) is 2.39. The molecule has 3 nitrogen and oxygen atoms in total. The Morgan fingerprint density at radius 2 is 2.00 bits per heavy atom. The zero-order valence-corrected chi connectivity index (χ0v) is 9.94. The number of morpholine rings is 1. The lowest BCUT2D eigenvalue weighted by molar-refractivity contribution is 0.0183. The highest BCUT2D eigenvalue weighted by Gasteiger charge is 2.20. The van der Waals surface area contributed by atoms with Gasteiger partial charge in [0.15, 0.2) is 0 Å². The van der Waals surface area contributed by atoms with Crippen LogP contribution in [0.4, 0.5) is 4.39 Å². The van der Waals surface area contributed by atoms with Gasteiger partial charge in [-0.2, -0.15) is 0 Å². The molecule has 0 radical (unpaired) electrons. The molecular weight excluding hydrogens is 219 g/mol. The Kier molecular flexibility index (Phi) is 4.48. The van der Waals surface area contributed by atoms with E-state index in [0.29, 0.717) is 13.0 Å². The van der Waals surface area contributed by atoms with Crippen molar-refractivity contribution in [3.63, 3.8) is 0 Å². The van der Waals surface area contributed by atoms with E-state index >= 15 is 0 Å². The van der Waals surface area contributed by atoms with Gasteiger partial charge in [0.2, 0.25) is 0 Å². The van der Waals surface area contributed by atoms with Crippen molar-refractivity contribution in [1.82, 2.24) is 4.90 Å². The topological polar surface area (TPSA) is 38.5 Å². The quantitative estimate of drug-likeness (QED) is 0.851. The number of benzene rings is 1. The predicted octanol–water partition coefficient (Wildman–Crippen LogP) is 1.03. The van der Waals surface area contributed by atoms with Gasteiger partial charge in [0.25, 0.3) is 0 Å². The first-order valence-corrected chi connectivity index (χ1v) is 6.06. The van der Waals surface area contributed by atoms with Crippen molar-refractivity contribution < 1.29 is 9.13 Å². The van der Waals surface area contributed by atoms with Gasteiger partial charge in [-0.1, -0.05) is 18.2 Å². The third kappa shape index (κ3) is 3.25. The van der Waals surface area contributed by atoms with E-state index in [2.05, 4.69) is 4.90 Å². The van der Waals surface area contributed by atoms with Gasteiger partial charge >= 0.3 is 0 Å². The zero-order chi connectivity index (χ0) is 12.1. The molecule has 1 unspecified atom stereocenters. The molecule has 2 N–H and O–H groups in total. The minimum Gasteiger partial charge on any atom is -0.379 e. The molecule has 1 atom stereocenters. The fraction of sp³-hybridized carbons (Fsp3) is 0.538. The Bertz CT molecular complexity index is 353. The summed E-state index contributed by atoms with van der Waals surface area (Å²) in [6, 6.07) is 7.12. The Hall–Kier alpha value is -0.970. The predicted molar refractivity (Wildman–Crippen MR) is 65.3 cm³/mol. The molecule has 17 heavy (non-hydrogen) atoms. The van der Waals surface area contributed by atoms with E-state index < -0.39 is 0 Å². The van der Waals surface area contributed by atoms with Crippen LogP contribution in [0, 0.1) is 5.82 Å². The second-order valence-electron chi connectivity index (χ2n) is 4.33. The van der Waals surface area contributed by atoms with Crippen molar-refractivity contribution in [2.24, 2.45) is 5.73 Å². The number of hydrogen-bond acceptors (Lipinski definition) is 3. The minimum absolute atomic E-state index is 0.140. The lowest BCUT2D eigenvalue weighted by atomic mass is 10.0. The maximum absolute atomic E-state index is 13.6. The van der Waals surface area contributed by atoms with Crippen molar-refractivity contribution in [2.45, 2.75) is 12.5 Å². The monoisotopic (exact) mass is 238 g/mol. The van der Waals surface area contributed by atoms with Crippen LogP contribution in [0.15, 0.2) is 24.3 Å². The van der Waals surface area contributed by atoms with Gasteiger partial charge in [0, 0.05) is 25.7 Å². The van der Waals surface area contributed by atoms with Crippen LogP contribution in [-0.4, -0.2) is 43.8 Å². The molecule has 0 saturated carbocycles. The van der Waals surface area contributed by atoms with Crippen molar-refractivity contribution in [2.75, 3.05) is 32.8 Å². The van der Waals surface area contributed by atoms with Gasteiger partial charge in [-0.15, -0.1) is 0 Å². The number of ether oxygens (including phenoxy) is 1. The van der Waals surface area contributed by atoms with Crippen LogP contribution in [0.1, 0.15) is 5.56 Å². The van der Waals surface area contributed by atoms with E-state index in [4.69, 9.17) is 10.5 Å². The Morgan fingerprint density at radius 3 is 2.65 bits per heavy atom. The van der Waals surface area contributed by atoms with Crippen LogP contribution < -0.4 is 5.73 Å². The maximum atomic E-state index is 13.6. The van der Waals surface area contributed by atoms with E-state index in [9.17, 15) is 4.39 Å². The normalized spacial score (nSPS) is 19.2. The summed E-state index contributed by atoms with van der Waals surface area (Å²) in [5, 5.41) is 0. The third-order valence-corrected chi connectivity index (χ3v) is 3.25. The summed E-state index contributed by atoms with van der Waals surface area (Å²) in [6.45, 7) is 3.81. The Morgan fingerprint density at radius 1 is 1.29 bits per heavy atom. The number of rotatable bonds is 4. The Balaban J connectivity index is 2.01. The molecule has 0 amide bonds. The number of nitrogens with two attached hydrogens (primary N) is 1. The first-order chi connectivity index (χ1) is 8.31. The summed E-state index contributed by atoms with van der Waals surface area (Å²) in [5.74, 6) is -0.140. The third-order valence-electron chi connectivity index (χ3n) is 3.25. The molecular formula is C13H19FN2O. The first kappa shape index (κ1) is 12.5. The van der Waals surface area contributed by atoms with Crippen LogP contribution in [0.2, 0.25) is 0 Å². The van der Waals surface area contributed by atoms with Crippen LogP contribution >= 0.6 is 0 Å². The van der Waals surface area contributed by atoms with Gasteiger partial charge in [-0.25, -0.2) is 4.39 Å². The van der Waals surface area contributed by atoms with Gasteiger partial charge in [0.1, 0.15) is 5.82 Å². The zero-order valence-electron chi connectivity index (χ0n) is 9.94. The standard InChI is InChI=1S/C13H19FN2O/c14-13-4-2-1-3-11(13)9-12(10-15)16-5-7-17-8-6-16/h1-4,12H,5-10,15H2. The van der Waals surface area contributed by atoms with Crippen LogP contribution in [0.3, 0.4) is 0 Å². The van der Waals surface area contributed by atoms with Gasteiger partial charge in [-0.05, 0) is 18.1 Å². The molecule has 1 aromatic carbocycles. The summed E-state index contributed by atoms with van der Waals surface area (Å²) in [4.78, 5) is 2.29. The summed E-state index contributed by atoms with van der Waals surface area (Å²) in [7, 11) is 0. The number of hydrogen-bond donors (Lipinski definition) is 1. The van der Waals surface area contributed by atoms with Crippen molar-refractivity contribution >= 4 is 0 Å². The molecule has 94 valence electrons. The molecule has 0 bridgehead atoms. The summed E-state index contributed by atoms with van der Waals surface area (Å²) >= 11 is 0. The lowest BCUT2D eigenvalue weighted by Gasteiger charge is -2.33. The van der Waals surface area contributed by atoms with Crippen molar-refractivity contribution in [1.29, 1.82) is 0 Å². The summed E-state index contributed by atoms with van der Waals surface area (Å²) in [6.07, 6.45) is 0.670. The summed E-state index contributed by atoms with van der Waals surface area (Å²) in [5.41, 5.74) is 6.54. The highest BCUT2D eigenvalue weighted by atomic mass is 19.1. The second kappa shape index (κ2) is 6.10. The first-order valence-electron chi connectivity index (χ1n) is 6.06. The number of halogens is 1. The molecule has 1 aliphatic rings. The highest BCUT2D eigenvalue weighted by Crippen LogP contribution is 2.13. The average molecular weight is 238 g/mol. The minimum atomic E-state index is -0.140. The largest absolute Gasteiger partial charge is 0.379 e. The molecule has 0 spiro atoms. The van der Waals surface area contributed by atoms with E-state index in [-0.39, 0.29) is 11.9 Å². The van der Waals surface area contributed by atoms with Gasteiger partial charge in [0.05, 0.1) is 13.2 Å². The molecule has 2 rings (SSSR count). The van der Waals surface area contributed by atoms with Crippen LogP contribution in [0.5, 0.6) is 0 Å². The molecule has 1 heterocycles. The molecule has 1 aliphatic heterocycles. The van der Waals surface area contributed by atoms with Crippen molar-refractivity contribution in [3.05, 3.63) is 35.6 Å². The van der Waals surface area contributed by atoms with E-state index in [1.54, 1.807) is 6.07 Å².